The lowest BCUT2D eigenvalue weighted by Crippen LogP contribution is -2.23. The molecule has 2 atom stereocenters. The summed E-state index contributed by atoms with van der Waals surface area (Å²) in [6, 6.07) is 0. The number of carboxylic acid groups (broad SMARTS) is 1. The van der Waals surface area contributed by atoms with Crippen LogP contribution >= 0.6 is 0 Å². The first-order valence-electron chi connectivity index (χ1n) is 2.96. The van der Waals surface area contributed by atoms with E-state index in [1.165, 1.54) is 5.06 Å². The van der Waals surface area contributed by atoms with Gasteiger partial charge in [-0.3, -0.25) is 4.84 Å². The van der Waals surface area contributed by atoms with Crippen LogP contribution in [0.2, 0.25) is 0 Å². The molecule has 2 aliphatic rings. The van der Waals surface area contributed by atoms with E-state index >= 15 is 0 Å². The second-order valence-corrected chi connectivity index (χ2v) is 2.39. The Hall–Kier alpha value is -0.610. The molecule has 0 aromatic carbocycles. The molecule has 0 aliphatic carbocycles. The summed E-state index contributed by atoms with van der Waals surface area (Å²) in [6.45, 7) is 0.770. The molecule has 4 heteroatoms. The number of hydroxylamine groups is 2. The van der Waals surface area contributed by atoms with Crippen molar-refractivity contribution >= 4 is 5.97 Å². The lowest BCUT2D eigenvalue weighted by molar-refractivity contribution is -0.143. The Kier molecular flexibility index (Phi) is 0.736. The molecule has 2 fully saturated rings. The van der Waals surface area contributed by atoms with Crippen molar-refractivity contribution in [2.75, 3.05) is 6.54 Å². The predicted octanol–water partition coefficient (Wildman–Crippen LogP) is -0.192. The van der Waals surface area contributed by atoms with Crippen LogP contribution in [0.3, 0.4) is 0 Å². The van der Waals surface area contributed by atoms with E-state index < -0.39 is 11.7 Å². The van der Waals surface area contributed by atoms with Crippen LogP contribution in [0.5, 0.6) is 0 Å². The van der Waals surface area contributed by atoms with E-state index in [9.17, 15) is 4.79 Å². The first-order chi connectivity index (χ1) is 4.26. The van der Waals surface area contributed by atoms with E-state index in [4.69, 9.17) is 9.94 Å². The van der Waals surface area contributed by atoms with Crippen molar-refractivity contribution in [3.8, 4) is 0 Å². The number of aliphatic carboxylic acids is 1. The Morgan fingerprint density at radius 3 is 2.78 bits per heavy atom. The van der Waals surface area contributed by atoms with Crippen molar-refractivity contribution in [1.82, 2.24) is 5.06 Å². The third-order valence-corrected chi connectivity index (χ3v) is 1.84. The Morgan fingerprint density at radius 1 is 1.78 bits per heavy atom. The molecule has 2 saturated heterocycles. The second-order valence-electron chi connectivity index (χ2n) is 2.39. The SMILES string of the molecule is O=C(O)[C@@]12CCCN1O2. The molecule has 4 nitrogen and oxygen atoms in total. The number of carboxylic acids is 1. The smallest absolute Gasteiger partial charge is 0.355 e. The number of carbonyl (C=O) groups is 1. The van der Waals surface area contributed by atoms with Crippen LogP contribution in [-0.4, -0.2) is 28.4 Å². The van der Waals surface area contributed by atoms with E-state index in [0.717, 1.165) is 13.0 Å². The molecule has 0 spiro atoms. The number of hydrogen-bond donors (Lipinski definition) is 1. The maximum atomic E-state index is 10.4. The van der Waals surface area contributed by atoms with Gasteiger partial charge in [0.1, 0.15) is 0 Å². The summed E-state index contributed by atoms with van der Waals surface area (Å²) in [5, 5.41) is 10.1. The van der Waals surface area contributed by atoms with Crippen molar-refractivity contribution in [2.24, 2.45) is 0 Å². The maximum absolute atomic E-state index is 10.4. The highest BCUT2D eigenvalue weighted by molar-refractivity contribution is 5.79. The standard InChI is InChI=1S/C5H7NO3/c7-4(8)5-2-1-3-6(5)9-5/h1-3H2,(H,7,8)/t5-,6?/m0/s1. The first kappa shape index (κ1) is 5.20. The zero-order valence-electron chi connectivity index (χ0n) is 4.83. The first-order valence-corrected chi connectivity index (χ1v) is 2.96. The molecule has 0 aromatic rings. The lowest BCUT2D eigenvalue weighted by atomic mass is 10.2. The van der Waals surface area contributed by atoms with Crippen LogP contribution in [0, 0.1) is 0 Å². The van der Waals surface area contributed by atoms with Crippen molar-refractivity contribution in [3.63, 3.8) is 0 Å². The van der Waals surface area contributed by atoms with Gasteiger partial charge in [0.15, 0.2) is 0 Å². The Labute approximate surface area is 52.0 Å². The Bertz CT molecular complexity index is 170. The highest BCUT2D eigenvalue weighted by Gasteiger charge is 2.64. The Balaban J connectivity index is 2.19. The monoisotopic (exact) mass is 129 g/mol. The normalized spacial score (nSPS) is 46.4. The molecule has 1 unspecified atom stereocenters. The summed E-state index contributed by atoms with van der Waals surface area (Å²) in [7, 11) is 0. The molecule has 2 heterocycles. The van der Waals surface area contributed by atoms with Crippen molar-refractivity contribution in [3.05, 3.63) is 0 Å². The molecule has 0 aromatic heterocycles. The molecular formula is C5H7NO3. The second kappa shape index (κ2) is 1.27. The van der Waals surface area contributed by atoms with Gasteiger partial charge in [-0.25, -0.2) is 4.79 Å². The molecule has 1 N–H and O–H groups in total. The van der Waals surface area contributed by atoms with Gasteiger partial charge in [-0.1, -0.05) is 0 Å². The van der Waals surface area contributed by atoms with E-state index in [2.05, 4.69) is 0 Å². The van der Waals surface area contributed by atoms with Crippen LogP contribution in [0.1, 0.15) is 12.8 Å². The van der Waals surface area contributed by atoms with Gasteiger partial charge >= 0.3 is 5.97 Å². The molecule has 50 valence electrons. The highest BCUT2D eigenvalue weighted by Crippen LogP contribution is 2.44. The molecular weight excluding hydrogens is 122 g/mol. The van der Waals surface area contributed by atoms with E-state index in [1.54, 1.807) is 0 Å². The average Bonchev–Trinajstić information content (AvgIpc) is 2.38. The molecule has 0 bridgehead atoms. The van der Waals surface area contributed by atoms with Gasteiger partial charge in [0.05, 0.1) is 0 Å². The summed E-state index contributed by atoms with van der Waals surface area (Å²) >= 11 is 0. The lowest BCUT2D eigenvalue weighted by Gasteiger charge is -1.94. The van der Waals surface area contributed by atoms with Crippen LogP contribution in [0.25, 0.3) is 0 Å². The summed E-state index contributed by atoms with van der Waals surface area (Å²) < 4.78 is 0. The van der Waals surface area contributed by atoms with Crippen LogP contribution < -0.4 is 0 Å². The zero-order chi connectivity index (χ0) is 6.48. The van der Waals surface area contributed by atoms with Crippen molar-refractivity contribution in [2.45, 2.75) is 18.6 Å². The van der Waals surface area contributed by atoms with Gasteiger partial charge in [0.25, 0.3) is 5.72 Å². The Morgan fingerprint density at radius 2 is 2.56 bits per heavy atom. The minimum Gasteiger partial charge on any atom is -0.478 e. The van der Waals surface area contributed by atoms with E-state index in [0.29, 0.717) is 6.42 Å². The third-order valence-electron chi connectivity index (χ3n) is 1.84. The molecule has 0 saturated carbocycles. The minimum atomic E-state index is -0.889. The molecule has 0 amide bonds. The zero-order valence-corrected chi connectivity index (χ0v) is 4.83. The summed E-state index contributed by atoms with van der Waals surface area (Å²) in [4.78, 5) is 15.2. The minimum absolute atomic E-state index is 0.641. The van der Waals surface area contributed by atoms with E-state index in [-0.39, 0.29) is 0 Å². The van der Waals surface area contributed by atoms with Gasteiger partial charge in [-0.05, 0) is 6.42 Å². The fourth-order valence-electron chi connectivity index (χ4n) is 1.27. The van der Waals surface area contributed by atoms with Gasteiger partial charge in [0.2, 0.25) is 0 Å². The fourth-order valence-corrected chi connectivity index (χ4v) is 1.27. The van der Waals surface area contributed by atoms with Crippen molar-refractivity contribution < 1.29 is 14.7 Å². The van der Waals surface area contributed by atoms with Crippen LogP contribution in [0.15, 0.2) is 0 Å². The number of rotatable bonds is 1. The predicted molar refractivity (Wildman–Crippen MR) is 27.4 cm³/mol. The van der Waals surface area contributed by atoms with Crippen molar-refractivity contribution in [1.29, 1.82) is 0 Å². The number of fused-ring (bicyclic) bond motifs is 1. The summed E-state index contributed by atoms with van der Waals surface area (Å²) in [6.07, 6.45) is 1.58. The quantitative estimate of drug-likeness (QED) is 0.498. The van der Waals surface area contributed by atoms with Crippen LogP contribution in [-0.2, 0) is 9.63 Å². The molecule has 2 rings (SSSR count). The molecule has 0 radical (unpaired) electrons. The van der Waals surface area contributed by atoms with Gasteiger partial charge in [0, 0.05) is 13.0 Å². The van der Waals surface area contributed by atoms with Gasteiger partial charge in [-0.2, -0.15) is 0 Å². The average molecular weight is 129 g/mol. The van der Waals surface area contributed by atoms with E-state index in [1.807, 2.05) is 0 Å². The van der Waals surface area contributed by atoms with Gasteiger partial charge in [-0.15, -0.1) is 5.06 Å². The number of nitrogens with zero attached hydrogens (tertiary/aromatic N) is 1. The highest BCUT2D eigenvalue weighted by atomic mass is 16.9. The molecule has 9 heavy (non-hydrogen) atoms. The topological polar surface area (TPSA) is 52.8 Å². The largest absolute Gasteiger partial charge is 0.478 e. The summed E-state index contributed by atoms with van der Waals surface area (Å²) in [5.41, 5.74) is -0.889. The number of hydrogen-bond acceptors (Lipinski definition) is 3. The fraction of sp³-hybridized carbons (Fsp3) is 0.800. The maximum Gasteiger partial charge on any atom is 0.355 e. The van der Waals surface area contributed by atoms with Gasteiger partial charge < -0.3 is 5.11 Å². The molecule has 2 aliphatic heterocycles. The third kappa shape index (κ3) is 0.469. The summed E-state index contributed by atoms with van der Waals surface area (Å²) in [5.74, 6) is -0.847. The van der Waals surface area contributed by atoms with Crippen LogP contribution in [0.4, 0.5) is 0 Å².